The maximum atomic E-state index is 12.5. The lowest BCUT2D eigenvalue weighted by atomic mass is 9.98. The third-order valence-electron chi connectivity index (χ3n) is 4.59. The fraction of sp³-hybridized carbons (Fsp3) is 0.562. The Hall–Kier alpha value is -1.55. The van der Waals surface area contributed by atoms with E-state index in [4.69, 9.17) is 5.73 Å². The lowest BCUT2D eigenvalue weighted by Crippen LogP contribution is -2.47. The first kappa shape index (κ1) is 13.4. The van der Waals surface area contributed by atoms with Gasteiger partial charge >= 0.3 is 0 Å². The molecule has 2 aliphatic rings. The molecule has 1 aromatic carbocycles. The highest BCUT2D eigenvalue weighted by Gasteiger charge is 2.29. The Kier molecular flexibility index (Phi) is 3.66. The highest BCUT2D eigenvalue weighted by Crippen LogP contribution is 2.23. The molecule has 20 heavy (non-hydrogen) atoms. The van der Waals surface area contributed by atoms with Gasteiger partial charge < -0.3 is 10.6 Å². The SMILES string of the molecule is CC(C(=O)N1CCCC1)N1CCc2ccc(N)cc2C1. The van der Waals surface area contributed by atoms with Gasteiger partial charge in [-0.1, -0.05) is 6.07 Å². The molecular formula is C16H23N3O. The van der Waals surface area contributed by atoms with Crippen molar-refractivity contribution in [1.82, 2.24) is 9.80 Å². The molecule has 3 rings (SSSR count). The zero-order valence-electron chi connectivity index (χ0n) is 12.1. The van der Waals surface area contributed by atoms with E-state index in [2.05, 4.69) is 17.0 Å². The van der Waals surface area contributed by atoms with E-state index in [0.717, 1.165) is 51.1 Å². The van der Waals surface area contributed by atoms with Crippen LogP contribution in [0.1, 0.15) is 30.9 Å². The van der Waals surface area contributed by atoms with Gasteiger partial charge in [-0.15, -0.1) is 0 Å². The average Bonchev–Trinajstić information content (AvgIpc) is 2.99. The molecule has 1 saturated heterocycles. The van der Waals surface area contributed by atoms with Gasteiger partial charge in [-0.2, -0.15) is 0 Å². The first-order chi connectivity index (χ1) is 9.65. The van der Waals surface area contributed by atoms with Crippen LogP contribution in [0, 0.1) is 0 Å². The summed E-state index contributed by atoms with van der Waals surface area (Å²) in [5, 5.41) is 0. The summed E-state index contributed by atoms with van der Waals surface area (Å²) in [5.74, 6) is 0.287. The number of benzene rings is 1. The molecule has 108 valence electrons. The third-order valence-corrected chi connectivity index (χ3v) is 4.59. The summed E-state index contributed by atoms with van der Waals surface area (Å²) in [5.41, 5.74) is 9.33. The van der Waals surface area contributed by atoms with Crippen LogP contribution in [0.4, 0.5) is 5.69 Å². The standard InChI is InChI=1S/C16H23N3O/c1-12(16(20)18-7-2-3-8-18)19-9-6-13-4-5-15(17)10-14(13)11-19/h4-5,10,12H,2-3,6-9,11,17H2,1H3. The highest BCUT2D eigenvalue weighted by atomic mass is 16.2. The predicted molar refractivity (Wildman–Crippen MR) is 80.2 cm³/mol. The molecule has 0 aromatic heterocycles. The van der Waals surface area contributed by atoms with Crippen molar-refractivity contribution in [3.05, 3.63) is 29.3 Å². The van der Waals surface area contributed by atoms with E-state index in [1.165, 1.54) is 11.1 Å². The number of rotatable bonds is 2. The van der Waals surface area contributed by atoms with E-state index >= 15 is 0 Å². The summed E-state index contributed by atoms with van der Waals surface area (Å²) in [7, 11) is 0. The second kappa shape index (κ2) is 5.44. The van der Waals surface area contributed by atoms with Crippen LogP contribution in [0.5, 0.6) is 0 Å². The Morgan fingerprint density at radius 2 is 1.95 bits per heavy atom. The first-order valence-corrected chi connectivity index (χ1v) is 7.55. The van der Waals surface area contributed by atoms with Crippen LogP contribution in [0.3, 0.4) is 0 Å². The van der Waals surface area contributed by atoms with Gasteiger partial charge in [0, 0.05) is 31.9 Å². The molecule has 1 amide bonds. The van der Waals surface area contributed by atoms with Gasteiger partial charge in [0.25, 0.3) is 0 Å². The Morgan fingerprint density at radius 3 is 2.70 bits per heavy atom. The van der Waals surface area contributed by atoms with Crippen LogP contribution in [0.15, 0.2) is 18.2 Å². The van der Waals surface area contributed by atoms with Crippen LogP contribution in [0.2, 0.25) is 0 Å². The fourth-order valence-electron chi connectivity index (χ4n) is 3.29. The number of anilines is 1. The molecule has 0 aliphatic carbocycles. The lowest BCUT2D eigenvalue weighted by molar-refractivity contribution is -0.135. The Bertz CT molecular complexity index is 508. The van der Waals surface area contributed by atoms with Crippen molar-refractivity contribution in [1.29, 1.82) is 0 Å². The number of nitrogen functional groups attached to an aromatic ring is 1. The van der Waals surface area contributed by atoms with Crippen molar-refractivity contribution in [2.45, 2.75) is 38.8 Å². The van der Waals surface area contributed by atoms with Crippen LogP contribution >= 0.6 is 0 Å². The largest absolute Gasteiger partial charge is 0.399 e. The number of amides is 1. The van der Waals surface area contributed by atoms with Crippen LogP contribution in [-0.4, -0.2) is 41.4 Å². The van der Waals surface area contributed by atoms with E-state index in [1.54, 1.807) is 0 Å². The van der Waals surface area contributed by atoms with Gasteiger partial charge in [-0.3, -0.25) is 9.69 Å². The Balaban J connectivity index is 1.71. The monoisotopic (exact) mass is 273 g/mol. The van der Waals surface area contributed by atoms with E-state index in [1.807, 2.05) is 17.9 Å². The van der Waals surface area contributed by atoms with Crippen molar-refractivity contribution < 1.29 is 4.79 Å². The third kappa shape index (κ3) is 2.52. The summed E-state index contributed by atoms with van der Waals surface area (Å²) in [6, 6.07) is 6.11. The summed E-state index contributed by atoms with van der Waals surface area (Å²) in [4.78, 5) is 16.8. The molecule has 1 unspecified atom stereocenters. The smallest absolute Gasteiger partial charge is 0.239 e. The van der Waals surface area contributed by atoms with Crippen LogP contribution in [0.25, 0.3) is 0 Å². The molecule has 0 spiro atoms. The number of carbonyl (C=O) groups excluding carboxylic acids is 1. The van der Waals surface area contributed by atoms with E-state index in [0.29, 0.717) is 0 Å². The summed E-state index contributed by atoms with van der Waals surface area (Å²) in [6.45, 7) is 5.69. The molecule has 2 aliphatic heterocycles. The molecule has 2 N–H and O–H groups in total. The minimum absolute atomic E-state index is 0.0253. The summed E-state index contributed by atoms with van der Waals surface area (Å²) in [6.07, 6.45) is 3.31. The van der Waals surface area contributed by atoms with Crippen molar-refractivity contribution in [2.75, 3.05) is 25.4 Å². The molecule has 1 atom stereocenters. The molecule has 4 heteroatoms. The van der Waals surface area contributed by atoms with Crippen molar-refractivity contribution in [3.63, 3.8) is 0 Å². The van der Waals surface area contributed by atoms with Crippen molar-refractivity contribution in [2.24, 2.45) is 0 Å². The predicted octanol–water partition coefficient (Wildman–Crippen LogP) is 1.64. The first-order valence-electron chi connectivity index (χ1n) is 7.55. The summed E-state index contributed by atoms with van der Waals surface area (Å²) < 4.78 is 0. The number of hydrogen-bond donors (Lipinski definition) is 1. The quantitative estimate of drug-likeness (QED) is 0.833. The molecule has 4 nitrogen and oxygen atoms in total. The maximum Gasteiger partial charge on any atom is 0.239 e. The van der Waals surface area contributed by atoms with E-state index < -0.39 is 0 Å². The molecule has 1 aromatic rings. The van der Waals surface area contributed by atoms with Crippen LogP contribution in [-0.2, 0) is 17.8 Å². The number of nitrogens with two attached hydrogens (primary N) is 1. The van der Waals surface area contributed by atoms with Crippen LogP contribution < -0.4 is 5.73 Å². The lowest BCUT2D eigenvalue weighted by Gasteiger charge is -2.34. The van der Waals surface area contributed by atoms with Gasteiger partial charge in [0.2, 0.25) is 5.91 Å². The maximum absolute atomic E-state index is 12.5. The molecule has 1 fully saturated rings. The van der Waals surface area contributed by atoms with Gasteiger partial charge in [0.15, 0.2) is 0 Å². The minimum Gasteiger partial charge on any atom is -0.399 e. The normalized spacial score (nSPS) is 20.8. The minimum atomic E-state index is -0.0253. The second-order valence-corrected chi connectivity index (χ2v) is 5.96. The molecular weight excluding hydrogens is 250 g/mol. The average molecular weight is 273 g/mol. The molecule has 2 heterocycles. The van der Waals surface area contributed by atoms with Crippen molar-refractivity contribution >= 4 is 11.6 Å². The Morgan fingerprint density at radius 1 is 1.20 bits per heavy atom. The number of carbonyl (C=O) groups is 1. The van der Waals surface area contributed by atoms with Gasteiger partial charge in [0.05, 0.1) is 6.04 Å². The number of nitrogens with zero attached hydrogens (tertiary/aromatic N) is 2. The van der Waals surface area contributed by atoms with Gasteiger partial charge in [-0.25, -0.2) is 0 Å². The van der Waals surface area contributed by atoms with E-state index in [9.17, 15) is 4.79 Å². The molecule has 0 bridgehead atoms. The number of likely N-dealkylation sites (tertiary alicyclic amines) is 1. The fourth-order valence-corrected chi connectivity index (χ4v) is 3.29. The highest BCUT2D eigenvalue weighted by molar-refractivity contribution is 5.81. The van der Waals surface area contributed by atoms with Gasteiger partial charge in [0.1, 0.15) is 0 Å². The van der Waals surface area contributed by atoms with Crippen molar-refractivity contribution in [3.8, 4) is 0 Å². The Labute approximate surface area is 120 Å². The number of fused-ring (bicyclic) bond motifs is 1. The van der Waals surface area contributed by atoms with E-state index in [-0.39, 0.29) is 11.9 Å². The second-order valence-electron chi connectivity index (χ2n) is 5.96. The zero-order chi connectivity index (χ0) is 14.1. The van der Waals surface area contributed by atoms with Gasteiger partial charge in [-0.05, 0) is 49.4 Å². The number of hydrogen-bond acceptors (Lipinski definition) is 3. The molecule has 0 radical (unpaired) electrons. The topological polar surface area (TPSA) is 49.6 Å². The summed E-state index contributed by atoms with van der Waals surface area (Å²) >= 11 is 0. The zero-order valence-corrected chi connectivity index (χ0v) is 12.1. The molecule has 0 saturated carbocycles.